The van der Waals surface area contributed by atoms with Crippen LogP contribution in [0.15, 0.2) is 24.3 Å². The Hall–Kier alpha value is -2.87. The van der Waals surface area contributed by atoms with Crippen molar-refractivity contribution < 1.29 is 14.7 Å². The Bertz CT molecular complexity index is 876. The summed E-state index contributed by atoms with van der Waals surface area (Å²) in [6, 6.07) is 7.19. The Labute approximate surface area is 151 Å². The van der Waals surface area contributed by atoms with Crippen molar-refractivity contribution in [1.82, 2.24) is 20.0 Å². The van der Waals surface area contributed by atoms with Crippen molar-refractivity contribution in [2.24, 2.45) is 0 Å². The fourth-order valence-electron chi connectivity index (χ4n) is 3.49. The second-order valence-corrected chi connectivity index (χ2v) is 6.62. The van der Waals surface area contributed by atoms with E-state index in [2.05, 4.69) is 10.4 Å². The SMILES string of the molecule is Cc1ccc(C(=O)N2CCn3nc(CO)cc3C2)cc1N1CCNC1=O. The molecule has 26 heavy (non-hydrogen) atoms. The first-order chi connectivity index (χ1) is 12.6. The second-order valence-electron chi connectivity index (χ2n) is 6.62. The molecule has 0 spiro atoms. The highest BCUT2D eigenvalue weighted by atomic mass is 16.3. The number of aliphatic hydroxyl groups is 1. The average Bonchev–Trinajstić information content (AvgIpc) is 3.26. The molecular formula is C18H21N5O3. The van der Waals surface area contributed by atoms with E-state index in [1.807, 2.05) is 23.7 Å². The average molecular weight is 355 g/mol. The molecule has 2 aliphatic heterocycles. The van der Waals surface area contributed by atoms with Gasteiger partial charge in [0.1, 0.15) is 0 Å². The molecule has 0 radical (unpaired) electrons. The predicted molar refractivity (Wildman–Crippen MR) is 94.8 cm³/mol. The first kappa shape index (κ1) is 16.6. The first-order valence-electron chi connectivity index (χ1n) is 8.68. The van der Waals surface area contributed by atoms with Crippen LogP contribution < -0.4 is 10.2 Å². The van der Waals surface area contributed by atoms with Crippen molar-refractivity contribution in [3.05, 3.63) is 46.8 Å². The molecule has 3 amide bonds. The van der Waals surface area contributed by atoms with E-state index in [0.29, 0.717) is 44.0 Å². The van der Waals surface area contributed by atoms with Crippen molar-refractivity contribution in [3.8, 4) is 0 Å². The van der Waals surface area contributed by atoms with Crippen LogP contribution >= 0.6 is 0 Å². The molecule has 3 heterocycles. The molecule has 1 aromatic heterocycles. The van der Waals surface area contributed by atoms with Crippen LogP contribution in [0.2, 0.25) is 0 Å². The number of rotatable bonds is 3. The number of nitrogens with zero attached hydrogens (tertiary/aromatic N) is 4. The van der Waals surface area contributed by atoms with Crippen LogP contribution in [0.25, 0.3) is 0 Å². The summed E-state index contributed by atoms with van der Waals surface area (Å²) in [7, 11) is 0. The predicted octanol–water partition coefficient (Wildman–Crippen LogP) is 0.869. The van der Waals surface area contributed by atoms with Crippen LogP contribution in [-0.4, -0.2) is 51.4 Å². The van der Waals surface area contributed by atoms with Crippen molar-refractivity contribution in [1.29, 1.82) is 0 Å². The van der Waals surface area contributed by atoms with Gasteiger partial charge in [0.2, 0.25) is 0 Å². The van der Waals surface area contributed by atoms with Crippen molar-refractivity contribution in [2.45, 2.75) is 26.6 Å². The molecular weight excluding hydrogens is 334 g/mol. The van der Waals surface area contributed by atoms with E-state index in [-0.39, 0.29) is 18.5 Å². The lowest BCUT2D eigenvalue weighted by Gasteiger charge is -2.28. The minimum atomic E-state index is -0.129. The van der Waals surface area contributed by atoms with Gasteiger partial charge in [0.05, 0.1) is 31.1 Å². The molecule has 1 aromatic carbocycles. The maximum Gasteiger partial charge on any atom is 0.322 e. The lowest BCUT2D eigenvalue weighted by molar-refractivity contribution is 0.0706. The van der Waals surface area contributed by atoms with Gasteiger partial charge in [-0.15, -0.1) is 0 Å². The number of urea groups is 1. The fourth-order valence-corrected chi connectivity index (χ4v) is 3.49. The zero-order valence-electron chi connectivity index (χ0n) is 14.6. The third kappa shape index (κ3) is 2.82. The number of amides is 3. The normalized spacial score (nSPS) is 16.6. The van der Waals surface area contributed by atoms with Crippen LogP contribution in [-0.2, 0) is 19.7 Å². The van der Waals surface area contributed by atoms with Gasteiger partial charge in [-0.1, -0.05) is 6.07 Å². The standard InChI is InChI=1S/C18H21N5O3/c1-12-2-3-13(8-16(12)22-5-4-19-18(22)26)17(25)21-6-7-23-15(10-21)9-14(11-24)20-23/h2-3,8-9,24H,4-7,10-11H2,1H3,(H,19,26). The Balaban J connectivity index is 1.58. The zero-order valence-corrected chi connectivity index (χ0v) is 14.6. The molecule has 0 atom stereocenters. The molecule has 2 N–H and O–H groups in total. The number of fused-ring (bicyclic) bond motifs is 1. The van der Waals surface area contributed by atoms with Gasteiger partial charge in [-0.3, -0.25) is 14.4 Å². The Morgan fingerprint density at radius 3 is 2.85 bits per heavy atom. The minimum Gasteiger partial charge on any atom is -0.390 e. The van der Waals surface area contributed by atoms with Gasteiger partial charge < -0.3 is 15.3 Å². The molecule has 1 saturated heterocycles. The number of hydrogen-bond acceptors (Lipinski definition) is 4. The van der Waals surface area contributed by atoms with Crippen molar-refractivity contribution >= 4 is 17.6 Å². The summed E-state index contributed by atoms with van der Waals surface area (Å²) in [4.78, 5) is 28.4. The van der Waals surface area contributed by atoms with E-state index in [1.54, 1.807) is 21.9 Å². The van der Waals surface area contributed by atoms with E-state index in [0.717, 1.165) is 16.9 Å². The van der Waals surface area contributed by atoms with Crippen LogP contribution in [0.3, 0.4) is 0 Å². The first-order valence-corrected chi connectivity index (χ1v) is 8.68. The highest BCUT2D eigenvalue weighted by Gasteiger charge is 2.26. The number of aryl methyl sites for hydroxylation is 1. The molecule has 2 aromatic rings. The maximum atomic E-state index is 13.0. The number of nitrogens with one attached hydrogen (secondary N) is 1. The highest BCUT2D eigenvalue weighted by molar-refractivity contribution is 5.99. The van der Waals surface area contributed by atoms with Gasteiger partial charge in [-0.25, -0.2) is 4.79 Å². The molecule has 1 fully saturated rings. The van der Waals surface area contributed by atoms with Gasteiger partial charge in [-0.05, 0) is 30.7 Å². The summed E-state index contributed by atoms with van der Waals surface area (Å²) in [5.41, 5.74) is 3.84. The Kier molecular flexibility index (Phi) is 4.12. The van der Waals surface area contributed by atoms with Gasteiger partial charge in [0, 0.05) is 30.9 Å². The molecule has 4 rings (SSSR count). The van der Waals surface area contributed by atoms with E-state index in [9.17, 15) is 14.7 Å². The molecule has 0 unspecified atom stereocenters. The number of hydrogen-bond donors (Lipinski definition) is 2. The van der Waals surface area contributed by atoms with Gasteiger partial charge in [0.25, 0.3) is 5.91 Å². The summed E-state index contributed by atoms with van der Waals surface area (Å²) < 4.78 is 1.84. The number of benzene rings is 1. The lowest BCUT2D eigenvalue weighted by atomic mass is 10.1. The molecule has 136 valence electrons. The van der Waals surface area contributed by atoms with Crippen LogP contribution in [0.4, 0.5) is 10.5 Å². The van der Waals surface area contributed by atoms with Crippen LogP contribution in [0.5, 0.6) is 0 Å². The topological polar surface area (TPSA) is 90.7 Å². The quantitative estimate of drug-likeness (QED) is 0.855. The third-order valence-electron chi connectivity index (χ3n) is 4.90. The highest BCUT2D eigenvalue weighted by Crippen LogP contribution is 2.25. The number of carbonyl (C=O) groups is 2. The summed E-state index contributed by atoms with van der Waals surface area (Å²) >= 11 is 0. The van der Waals surface area contributed by atoms with Crippen molar-refractivity contribution in [3.63, 3.8) is 0 Å². The number of carbonyl (C=O) groups excluding carboxylic acids is 2. The van der Waals surface area contributed by atoms with Gasteiger partial charge >= 0.3 is 6.03 Å². The Morgan fingerprint density at radius 1 is 1.27 bits per heavy atom. The van der Waals surface area contributed by atoms with E-state index in [1.165, 1.54) is 0 Å². The molecule has 8 nitrogen and oxygen atoms in total. The largest absolute Gasteiger partial charge is 0.390 e. The van der Waals surface area contributed by atoms with Crippen molar-refractivity contribution in [2.75, 3.05) is 24.5 Å². The van der Waals surface area contributed by atoms with E-state index in [4.69, 9.17) is 0 Å². The monoisotopic (exact) mass is 355 g/mol. The number of aromatic nitrogens is 2. The zero-order chi connectivity index (χ0) is 18.3. The van der Waals surface area contributed by atoms with E-state index < -0.39 is 0 Å². The number of aliphatic hydroxyl groups excluding tert-OH is 1. The smallest absolute Gasteiger partial charge is 0.322 e. The molecule has 8 heteroatoms. The summed E-state index contributed by atoms with van der Waals surface area (Å²) in [5, 5.41) is 16.3. The van der Waals surface area contributed by atoms with Gasteiger partial charge in [0.15, 0.2) is 0 Å². The molecule has 0 bridgehead atoms. The summed E-state index contributed by atoms with van der Waals surface area (Å²) in [6.07, 6.45) is 0. The van der Waals surface area contributed by atoms with E-state index >= 15 is 0 Å². The molecule has 0 saturated carbocycles. The van der Waals surface area contributed by atoms with Crippen LogP contribution in [0, 0.1) is 6.92 Å². The summed E-state index contributed by atoms with van der Waals surface area (Å²) in [5.74, 6) is -0.0659. The maximum absolute atomic E-state index is 13.0. The van der Waals surface area contributed by atoms with Gasteiger partial charge in [-0.2, -0.15) is 5.10 Å². The van der Waals surface area contributed by atoms with Crippen LogP contribution in [0.1, 0.15) is 27.3 Å². The molecule has 0 aliphatic carbocycles. The second kappa shape index (κ2) is 6.45. The minimum absolute atomic E-state index is 0.0659. The number of anilines is 1. The lowest BCUT2D eigenvalue weighted by Crippen LogP contribution is -2.38. The fraction of sp³-hybridized carbons (Fsp3) is 0.389. The Morgan fingerprint density at radius 2 is 2.12 bits per heavy atom. The summed E-state index contributed by atoms with van der Waals surface area (Å²) in [6.45, 7) is 4.67. The molecule has 2 aliphatic rings. The third-order valence-corrected chi connectivity index (χ3v) is 4.90.